The lowest BCUT2D eigenvalue weighted by molar-refractivity contribution is -0.131. The molecule has 0 aromatic rings. The average molecular weight is 364 g/mol. The van der Waals surface area contributed by atoms with Crippen molar-refractivity contribution in [1.29, 1.82) is 0 Å². The SMILES string of the molecule is CCCCCCCC(C)(CCCCCC)C(=O)NCCS(=O)(=O)O. The molecule has 144 valence electrons. The summed E-state index contributed by atoms with van der Waals surface area (Å²) < 4.78 is 30.3. The van der Waals surface area contributed by atoms with Crippen LogP contribution in [-0.2, 0) is 14.9 Å². The Balaban J connectivity index is 4.48. The maximum atomic E-state index is 12.5. The van der Waals surface area contributed by atoms with Crippen molar-refractivity contribution >= 4 is 16.0 Å². The predicted octanol–water partition coefficient (Wildman–Crippen LogP) is 4.33. The summed E-state index contributed by atoms with van der Waals surface area (Å²) in [5.74, 6) is -0.514. The average Bonchev–Trinajstić information content (AvgIpc) is 2.50. The van der Waals surface area contributed by atoms with Crippen molar-refractivity contribution in [1.82, 2.24) is 5.32 Å². The van der Waals surface area contributed by atoms with Gasteiger partial charge in [-0.2, -0.15) is 8.42 Å². The number of carbonyl (C=O) groups is 1. The van der Waals surface area contributed by atoms with Crippen molar-refractivity contribution in [3.8, 4) is 0 Å². The van der Waals surface area contributed by atoms with E-state index in [4.69, 9.17) is 4.55 Å². The Morgan fingerprint density at radius 2 is 1.38 bits per heavy atom. The molecule has 0 aromatic carbocycles. The summed E-state index contributed by atoms with van der Waals surface area (Å²) in [7, 11) is -4.03. The van der Waals surface area contributed by atoms with Gasteiger partial charge in [-0.3, -0.25) is 9.35 Å². The highest BCUT2D eigenvalue weighted by Gasteiger charge is 2.31. The first-order valence-electron chi connectivity index (χ1n) is 9.48. The Kier molecular flexibility index (Phi) is 12.4. The van der Waals surface area contributed by atoms with Gasteiger partial charge in [-0.15, -0.1) is 0 Å². The fourth-order valence-electron chi connectivity index (χ4n) is 2.92. The molecule has 1 atom stereocenters. The molecule has 0 saturated carbocycles. The van der Waals surface area contributed by atoms with E-state index in [0.29, 0.717) is 0 Å². The summed E-state index contributed by atoms with van der Waals surface area (Å²) in [6.07, 6.45) is 11.9. The number of nitrogens with one attached hydrogen (secondary N) is 1. The number of amides is 1. The van der Waals surface area contributed by atoms with Gasteiger partial charge in [0.2, 0.25) is 5.91 Å². The fourth-order valence-corrected chi connectivity index (χ4v) is 3.28. The maximum absolute atomic E-state index is 12.5. The Bertz CT molecular complexity index is 436. The van der Waals surface area contributed by atoms with E-state index in [1.807, 2.05) is 6.92 Å². The van der Waals surface area contributed by atoms with Crippen molar-refractivity contribution in [3.05, 3.63) is 0 Å². The molecule has 0 aliphatic heterocycles. The van der Waals surface area contributed by atoms with Crippen LogP contribution < -0.4 is 5.32 Å². The molecule has 0 radical (unpaired) electrons. The van der Waals surface area contributed by atoms with Crippen LogP contribution in [-0.4, -0.2) is 31.2 Å². The summed E-state index contributed by atoms with van der Waals surface area (Å²) in [4.78, 5) is 12.5. The summed E-state index contributed by atoms with van der Waals surface area (Å²) in [5.41, 5.74) is -0.445. The van der Waals surface area contributed by atoms with Gasteiger partial charge in [0.15, 0.2) is 0 Å². The van der Waals surface area contributed by atoms with E-state index in [1.165, 1.54) is 25.7 Å². The topological polar surface area (TPSA) is 83.5 Å². The van der Waals surface area contributed by atoms with Gasteiger partial charge in [-0.05, 0) is 12.8 Å². The summed E-state index contributed by atoms with van der Waals surface area (Å²) in [6, 6.07) is 0. The first-order valence-corrected chi connectivity index (χ1v) is 11.1. The van der Waals surface area contributed by atoms with Crippen molar-refractivity contribution in [2.24, 2.45) is 5.41 Å². The molecule has 0 fully saturated rings. The van der Waals surface area contributed by atoms with Crippen LogP contribution in [0.3, 0.4) is 0 Å². The zero-order valence-electron chi connectivity index (χ0n) is 15.8. The van der Waals surface area contributed by atoms with Crippen LogP contribution in [0.2, 0.25) is 0 Å². The molecular weight excluding hydrogens is 326 g/mol. The van der Waals surface area contributed by atoms with Gasteiger partial charge in [0.05, 0.1) is 5.75 Å². The van der Waals surface area contributed by atoms with E-state index in [9.17, 15) is 13.2 Å². The Morgan fingerprint density at radius 3 is 1.83 bits per heavy atom. The summed E-state index contributed by atoms with van der Waals surface area (Å²) in [5, 5.41) is 2.69. The highest BCUT2D eigenvalue weighted by atomic mass is 32.2. The molecule has 0 saturated heterocycles. The first-order chi connectivity index (χ1) is 11.2. The highest BCUT2D eigenvalue weighted by molar-refractivity contribution is 7.85. The Hall–Kier alpha value is -0.620. The largest absolute Gasteiger partial charge is 0.355 e. The van der Waals surface area contributed by atoms with E-state index in [-0.39, 0.29) is 12.5 Å². The number of carbonyl (C=O) groups excluding carboxylic acids is 1. The van der Waals surface area contributed by atoms with Crippen LogP contribution in [0.1, 0.15) is 91.4 Å². The van der Waals surface area contributed by atoms with Crippen molar-refractivity contribution in [2.45, 2.75) is 91.4 Å². The van der Waals surface area contributed by atoms with Crippen molar-refractivity contribution < 1.29 is 17.8 Å². The molecule has 0 aliphatic carbocycles. The van der Waals surface area contributed by atoms with Crippen molar-refractivity contribution in [2.75, 3.05) is 12.3 Å². The lowest BCUT2D eigenvalue weighted by Crippen LogP contribution is -2.41. The van der Waals surface area contributed by atoms with E-state index in [2.05, 4.69) is 19.2 Å². The van der Waals surface area contributed by atoms with Gasteiger partial charge in [-0.25, -0.2) is 0 Å². The number of unbranched alkanes of at least 4 members (excludes halogenated alkanes) is 7. The van der Waals surface area contributed by atoms with Gasteiger partial charge < -0.3 is 5.32 Å². The minimum Gasteiger partial charge on any atom is -0.355 e. The first kappa shape index (κ1) is 23.4. The quantitative estimate of drug-likeness (QED) is 0.335. The number of hydrogen-bond acceptors (Lipinski definition) is 3. The molecule has 0 aromatic heterocycles. The van der Waals surface area contributed by atoms with Crippen LogP contribution in [0.25, 0.3) is 0 Å². The van der Waals surface area contributed by atoms with E-state index < -0.39 is 21.3 Å². The lowest BCUT2D eigenvalue weighted by atomic mass is 9.78. The van der Waals surface area contributed by atoms with Crippen LogP contribution in [0.15, 0.2) is 0 Å². The molecule has 0 rings (SSSR count). The van der Waals surface area contributed by atoms with Gasteiger partial charge in [0.1, 0.15) is 0 Å². The summed E-state index contributed by atoms with van der Waals surface area (Å²) >= 11 is 0. The van der Waals surface area contributed by atoms with Crippen LogP contribution in [0.5, 0.6) is 0 Å². The van der Waals surface area contributed by atoms with Crippen molar-refractivity contribution in [3.63, 3.8) is 0 Å². The second kappa shape index (κ2) is 12.7. The highest BCUT2D eigenvalue weighted by Crippen LogP contribution is 2.31. The Morgan fingerprint density at radius 1 is 0.917 bits per heavy atom. The maximum Gasteiger partial charge on any atom is 0.266 e. The van der Waals surface area contributed by atoms with Crippen LogP contribution in [0.4, 0.5) is 0 Å². The lowest BCUT2D eigenvalue weighted by Gasteiger charge is -2.28. The third-order valence-corrected chi connectivity index (χ3v) is 5.33. The van der Waals surface area contributed by atoms with Crippen LogP contribution in [0, 0.1) is 5.41 Å². The minimum absolute atomic E-state index is 0.0297. The Labute approximate surface area is 148 Å². The molecule has 5 nitrogen and oxygen atoms in total. The third-order valence-electron chi connectivity index (χ3n) is 4.61. The van der Waals surface area contributed by atoms with Gasteiger partial charge >= 0.3 is 0 Å². The molecule has 2 N–H and O–H groups in total. The van der Waals surface area contributed by atoms with E-state index >= 15 is 0 Å². The van der Waals surface area contributed by atoms with Gasteiger partial charge in [-0.1, -0.05) is 78.6 Å². The second-order valence-corrected chi connectivity index (χ2v) is 8.65. The third kappa shape index (κ3) is 11.8. The minimum atomic E-state index is -4.03. The molecule has 0 bridgehead atoms. The number of rotatable bonds is 15. The van der Waals surface area contributed by atoms with E-state index in [0.717, 1.165) is 44.9 Å². The van der Waals surface area contributed by atoms with Crippen LogP contribution >= 0.6 is 0 Å². The monoisotopic (exact) mass is 363 g/mol. The normalized spacial score (nSPS) is 14.3. The molecule has 24 heavy (non-hydrogen) atoms. The predicted molar refractivity (Wildman–Crippen MR) is 99.7 cm³/mol. The zero-order chi connectivity index (χ0) is 18.5. The zero-order valence-corrected chi connectivity index (χ0v) is 16.6. The molecule has 0 heterocycles. The van der Waals surface area contributed by atoms with Gasteiger partial charge in [0, 0.05) is 12.0 Å². The number of hydrogen-bond donors (Lipinski definition) is 2. The summed E-state index contributed by atoms with van der Waals surface area (Å²) in [6.45, 7) is 6.30. The van der Waals surface area contributed by atoms with E-state index in [1.54, 1.807) is 0 Å². The molecule has 1 amide bonds. The standard InChI is InChI=1S/C18H37NO4S/c1-4-6-8-10-12-14-18(3,13-11-9-7-5-2)17(20)19-15-16-24(21,22)23/h4-16H2,1-3H3,(H,19,20)(H,21,22,23). The molecular formula is C18H37NO4S. The smallest absolute Gasteiger partial charge is 0.266 e. The molecule has 1 unspecified atom stereocenters. The fraction of sp³-hybridized carbons (Fsp3) is 0.944. The molecule has 0 aliphatic rings. The second-order valence-electron chi connectivity index (χ2n) is 7.08. The molecule has 0 spiro atoms. The van der Waals surface area contributed by atoms with Gasteiger partial charge in [0.25, 0.3) is 10.1 Å². The molecule has 6 heteroatoms.